The predicted octanol–water partition coefficient (Wildman–Crippen LogP) is 4.43. The number of hydrogen-bond donors (Lipinski definition) is 2. The molecule has 3 aromatic carbocycles. The molecule has 4 rings (SSSR count). The van der Waals surface area contributed by atoms with E-state index in [1.54, 1.807) is 42.6 Å². The van der Waals surface area contributed by atoms with Crippen molar-refractivity contribution in [2.24, 2.45) is 0 Å². The molecule has 0 aliphatic rings. The summed E-state index contributed by atoms with van der Waals surface area (Å²) < 4.78 is 34.1. The first-order valence-corrected chi connectivity index (χ1v) is 12.6. The van der Waals surface area contributed by atoms with Crippen LogP contribution in [-0.4, -0.2) is 25.9 Å². The Morgan fingerprint density at radius 1 is 0.857 bits per heavy atom. The zero-order chi connectivity index (χ0) is 24.5. The molecule has 2 N–H and O–H groups in total. The minimum atomic E-state index is -3.88. The topological polar surface area (TPSA) is 97.4 Å². The highest BCUT2D eigenvalue weighted by Gasteiger charge is 2.16. The Kier molecular flexibility index (Phi) is 7.74. The van der Waals surface area contributed by atoms with Crippen LogP contribution in [-0.2, 0) is 23.1 Å². The van der Waals surface area contributed by atoms with Gasteiger partial charge in [0.05, 0.1) is 4.90 Å². The number of benzene rings is 3. The van der Waals surface area contributed by atoms with Crippen LogP contribution in [0.4, 0.5) is 5.69 Å². The zero-order valence-corrected chi connectivity index (χ0v) is 19.7. The van der Waals surface area contributed by atoms with Crippen LogP contribution in [0, 0.1) is 0 Å². The molecule has 0 spiro atoms. The minimum Gasteiger partial charge on any atom is -0.489 e. The summed E-state index contributed by atoms with van der Waals surface area (Å²) in [6.45, 7) is 0.812. The van der Waals surface area contributed by atoms with Crippen LogP contribution >= 0.6 is 0 Å². The van der Waals surface area contributed by atoms with Gasteiger partial charge in [-0.3, -0.25) is 14.5 Å². The third kappa shape index (κ3) is 6.91. The molecule has 4 aromatic rings. The van der Waals surface area contributed by atoms with Crippen LogP contribution in [0.5, 0.6) is 5.75 Å². The number of aromatic nitrogens is 1. The van der Waals surface area contributed by atoms with E-state index in [4.69, 9.17) is 4.74 Å². The maximum absolute atomic E-state index is 12.9. The molecule has 1 heterocycles. The number of nitrogens with one attached hydrogen (secondary N) is 2. The molecule has 0 aliphatic carbocycles. The summed E-state index contributed by atoms with van der Waals surface area (Å²) >= 11 is 0. The van der Waals surface area contributed by atoms with Crippen LogP contribution in [0.3, 0.4) is 0 Å². The van der Waals surface area contributed by atoms with E-state index in [1.807, 2.05) is 48.5 Å². The molecule has 0 fully saturated rings. The van der Waals surface area contributed by atoms with Gasteiger partial charge in [0.25, 0.3) is 15.9 Å². The average molecular weight is 488 g/mol. The Bertz CT molecular complexity index is 1360. The van der Waals surface area contributed by atoms with Gasteiger partial charge >= 0.3 is 0 Å². The molecule has 0 saturated carbocycles. The monoisotopic (exact) mass is 487 g/mol. The molecule has 35 heavy (non-hydrogen) atoms. The molecule has 0 radical (unpaired) electrons. The lowest BCUT2D eigenvalue weighted by Crippen LogP contribution is -2.26. The summed E-state index contributed by atoms with van der Waals surface area (Å²) in [5, 5.41) is 2.80. The van der Waals surface area contributed by atoms with Crippen molar-refractivity contribution in [1.82, 2.24) is 10.3 Å². The fraction of sp³-hybridized carbons (Fsp3) is 0.111. The third-order valence-corrected chi connectivity index (χ3v) is 6.53. The van der Waals surface area contributed by atoms with Crippen LogP contribution in [0.1, 0.15) is 21.6 Å². The number of hydrogen-bond acceptors (Lipinski definition) is 5. The van der Waals surface area contributed by atoms with E-state index < -0.39 is 10.0 Å². The first kappa shape index (κ1) is 24.0. The SMILES string of the molecule is O=C(NCCc1ccccn1)c1cccc(S(=O)(=O)Nc2ccc(OCc3ccccc3)cc2)c1. The van der Waals surface area contributed by atoms with Gasteiger partial charge in [-0.25, -0.2) is 8.42 Å². The average Bonchev–Trinajstić information content (AvgIpc) is 2.89. The quantitative estimate of drug-likeness (QED) is 0.345. The number of pyridine rings is 1. The van der Waals surface area contributed by atoms with Crippen LogP contribution in [0.15, 0.2) is 108 Å². The number of ether oxygens (including phenoxy) is 1. The molecule has 8 heteroatoms. The Labute approximate surface area is 204 Å². The number of anilines is 1. The van der Waals surface area contributed by atoms with E-state index in [2.05, 4.69) is 15.0 Å². The molecule has 0 aliphatic heterocycles. The molecule has 178 valence electrons. The van der Waals surface area contributed by atoms with Crippen molar-refractivity contribution in [3.63, 3.8) is 0 Å². The standard InChI is InChI=1S/C27H25N3O4S/c31-27(29-18-16-23-10-4-5-17-28-23)22-9-6-11-26(19-22)35(32,33)30-24-12-14-25(15-13-24)34-20-21-7-2-1-3-8-21/h1-15,17,19,30H,16,18,20H2,(H,29,31). The van der Waals surface area contributed by atoms with E-state index in [0.717, 1.165) is 11.3 Å². The number of rotatable bonds is 10. The molecule has 0 atom stereocenters. The highest BCUT2D eigenvalue weighted by molar-refractivity contribution is 7.92. The first-order valence-electron chi connectivity index (χ1n) is 11.1. The fourth-order valence-corrected chi connectivity index (χ4v) is 4.43. The lowest BCUT2D eigenvalue weighted by molar-refractivity contribution is 0.0954. The maximum Gasteiger partial charge on any atom is 0.261 e. The summed E-state index contributed by atoms with van der Waals surface area (Å²) in [6, 6.07) is 28.0. The summed E-state index contributed by atoms with van der Waals surface area (Å²) in [5.74, 6) is 0.277. The second-order valence-electron chi connectivity index (χ2n) is 7.76. The van der Waals surface area contributed by atoms with Crippen molar-refractivity contribution in [3.8, 4) is 5.75 Å². The van der Waals surface area contributed by atoms with Crippen LogP contribution in [0.2, 0.25) is 0 Å². The van der Waals surface area contributed by atoms with Gasteiger partial charge < -0.3 is 10.1 Å². The Balaban J connectivity index is 1.35. The van der Waals surface area contributed by atoms with Gasteiger partial charge in [0.1, 0.15) is 12.4 Å². The molecule has 7 nitrogen and oxygen atoms in total. The number of carbonyl (C=O) groups is 1. The number of carbonyl (C=O) groups excluding carboxylic acids is 1. The predicted molar refractivity (Wildman–Crippen MR) is 135 cm³/mol. The minimum absolute atomic E-state index is 0.000667. The smallest absolute Gasteiger partial charge is 0.261 e. The molecule has 0 saturated heterocycles. The Morgan fingerprint density at radius 3 is 2.37 bits per heavy atom. The van der Waals surface area contributed by atoms with Gasteiger partial charge in [-0.1, -0.05) is 42.5 Å². The van der Waals surface area contributed by atoms with E-state index in [-0.39, 0.29) is 16.4 Å². The summed E-state index contributed by atoms with van der Waals surface area (Å²) in [6.07, 6.45) is 2.28. The maximum atomic E-state index is 12.9. The van der Waals surface area contributed by atoms with Crippen molar-refractivity contribution in [2.75, 3.05) is 11.3 Å². The second-order valence-corrected chi connectivity index (χ2v) is 9.44. The lowest BCUT2D eigenvalue weighted by Gasteiger charge is -2.11. The third-order valence-electron chi connectivity index (χ3n) is 5.15. The van der Waals surface area contributed by atoms with Gasteiger partial charge in [-0.2, -0.15) is 0 Å². The summed E-state index contributed by atoms with van der Waals surface area (Å²) in [4.78, 5) is 16.7. The van der Waals surface area contributed by atoms with Crippen molar-refractivity contribution >= 4 is 21.6 Å². The number of amides is 1. The van der Waals surface area contributed by atoms with Gasteiger partial charge in [-0.15, -0.1) is 0 Å². The highest BCUT2D eigenvalue weighted by atomic mass is 32.2. The van der Waals surface area contributed by atoms with Gasteiger partial charge in [0.2, 0.25) is 0 Å². The summed E-state index contributed by atoms with van der Waals surface area (Å²) in [7, 11) is -3.88. The van der Waals surface area contributed by atoms with Gasteiger partial charge in [0.15, 0.2) is 0 Å². The summed E-state index contributed by atoms with van der Waals surface area (Å²) in [5.41, 5.74) is 2.56. The molecule has 1 amide bonds. The van der Waals surface area contributed by atoms with Crippen LogP contribution in [0.25, 0.3) is 0 Å². The number of sulfonamides is 1. The normalized spacial score (nSPS) is 11.0. The first-order chi connectivity index (χ1) is 17.0. The Morgan fingerprint density at radius 2 is 1.63 bits per heavy atom. The van der Waals surface area contributed by atoms with Gasteiger partial charge in [-0.05, 0) is 60.2 Å². The molecular weight excluding hydrogens is 462 g/mol. The molecule has 1 aromatic heterocycles. The van der Waals surface area contributed by atoms with Gasteiger partial charge in [0, 0.05) is 36.1 Å². The Hall–Kier alpha value is -4.17. The fourth-order valence-electron chi connectivity index (χ4n) is 3.33. The van der Waals surface area contributed by atoms with E-state index in [1.165, 1.54) is 12.1 Å². The highest BCUT2D eigenvalue weighted by Crippen LogP contribution is 2.21. The van der Waals surface area contributed by atoms with Crippen molar-refractivity contribution in [3.05, 3.63) is 120 Å². The van der Waals surface area contributed by atoms with Crippen molar-refractivity contribution in [2.45, 2.75) is 17.9 Å². The number of nitrogens with zero attached hydrogens (tertiary/aromatic N) is 1. The van der Waals surface area contributed by atoms with E-state index in [9.17, 15) is 13.2 Å². The van der Waals surface area contributed by atoms with E-state index >= 15 is 0 Å². The van der Waals surface area contributed by atoms with Crippen molar-refractivity contribution < 1.29 is 17.9 Å². The molecule has 0 bridgehead atoms. The molecular formula is C27H25N3O4S. The van der Waals surface area contributed by atoms with Crippen LogP contribution < -0.4 is 14.8 Å². The second kappa shape index (κ2) is 11.3. The molecule has 0 unspecified atom stereocenters. The largest absolute Gasteiger partial charge is 0.489 e. The van der Waals surface area contributed by atoms with Crippen molar-refractivity contribution in [1.29, 1.82) is 0 Å². The zero-order valence-electron chi connectivity index (χ0n) is 18.9. The van der Waals surface area contributed by atoms with E-state index in [0.29, 0.717) is 31.0 Å². The lowest BCUT2D eigenvalue weighted by atomic mass is 10.2.